The lowest BCUT2D eigenvalue weighted by Crippen LogP contribution is -2.28. The molecule has 1 aliphatic heterocycles. The lowest BCUT2D eigenvalue weighted by molar-refractivity contribution is -0.123. The molecular weight excluding hydrogens is 354 g/mol. The minimum Gasteiger partial charge on any atom is -0.369 e. The van der Waals surface area contributed by atoms with Gasteiger partial charge in [0.2, 0.25) is 11.8 Å². The van der Waals surface area contributed by atoms with Crippen LogP contribution in [0.3, 0.4) is 0 Å². The predicted octanol–water partition coefficient (Wildman–Crippen LogP) is 1.78. The van der Waals surface area contributed by atoms with Crippen LogP contribution in [0.25, 0.3) is 0 Å². The van der Waals surface area contributed by atoms with E-state index in [1.54, 1.807) is 12.1 Å². The minimum absolute atomic E-state index is 0.114. The highest BCUT2D eigenvalue weighted by Gasteiger charge is 2.34. The number of halogens is 2. The Labute approximate surface area is 117 Å². The normalized spacial score (nSPS) is 19.8. The fourth-order valence-corrected chi connectivity index (χ4v) is 2.79. The van der Waals surface area contributed by atoms with Gasteiger partial charge in [-0.15, -0.1) is 0 Å². The number of amides is 2. The van der Waals surface area contributed by atoms with E-state index in [9.17, 15) is 9.59 Å². The highest BCUT2D eigenvalue weighted by molar-refractivity contribution is 14.1. The van der Waals surface area contributed by atoms with Gasteiger partial charge < -0.3 is 10.6 Å². The van der Waals surface area contributed by atoms with E-state index in [1.165, 1.54) is 4.90 Å². The molecule has 0 aromatic heterocycles. The second-order valence-corrected chi connectivity index (χ2v) is 5.56. The molecule has 17 heavy (non-hydrogen) atoms. The van der Waals surface area contributed by atoms with Crippen molar-refractivity contribution in [3.63, 3.8) is 0 Å². The molecule has 1 aromatic rings. The first kappa shape index (κ1) is 12.6. The van der Waals surface area contributed by atoms with E-state index in [2.05, 4.69) is 22.6 Å². The lowest BCUT2D eigenvalue weighted by Gasteiger charge is -2.17. The van der Waals surface area contributed by atoms with E-state index in [-0.39, 0.29) is 12.3 Å². The van der Waals surface area contributed by atoms with E-state index < -0.39 is 11.8 Å². The highest BCUT2D eigenvalue weighted by atomic mass is 127. The van der Waals surface area contributed by atoms with Crippen LogP contribution in [0.5, 0.6) is 0 Å². The fourth-order valence-electron chi connectivity index (χ4n) is 1.83. The molecule has 90 valence electrons. The maximum Gasteiger partial charge on any atom is 0.227 e. The van der Waals surface area contributed by atoms with Crippen LogP contribution in [-0.2, 0) is 9.59 Å². The van der Waals surface area contributed by atoms with Crippen molar-refractivity contribution >= 4 is 51.7 Å². The Morgan fingerprint density at radius 2 is 2.24 bits per heavy atom. The average molecular weight is 365 g/mol. The Hall–Kier alpha value is -0.820. The molecule has 1 unspecified atom stereocenters. The number of anilines is 1. The summed E-state index contributed by atoms with van der Waals surface area (Å²) in [5.41, 5.74) is 5.85. The molecule has 2 amide bonds. The second-order valence-electron chi connectivity index (χ2n) is 3.90. The fraction of sp³-hybridized carbons (Fsp3) is 0.273. The Morgan fingerprint density at radius 1 is 1.53 bits per heavy atom. The summed E-state index contributed by atoms with van der Waals surface area (Å²) in [5, 5.41) is 0.510. The first-order chi connectivity index (χ1) is 7.99. The predicted molar refractivity (Wildman–Crippen MR) is 73.8 cm³/mol. The molecule has 4 nitrogen and oxygen atoms in total. The molecule has 0 aliphatic carbocycles. The van der Waals surface area contributed by atoms with Crippen molar-refractivity contribution in [3.8, 4) is 0 Å². The van der Waals surface area contributed by atoms with Gasteiger partial charge in [-0.3, -0.25) is 9.59 Å². The van der Waals surface area contributed by atoms with Crippen molar-refractivity contribution in [1.82, 2.24) is 0 Å². The third kappa shape index (κ3) is 2.55. The van der Waals surface area contributed by atoms with Crippen LogP contribution in [-0.4, -0.2) is 18.4 Å². The third-order valence-corrected chi connectivity index (χ3v) is 3.70. The van der Waals surface area contributed by atoms with Crippen molar-refractivity contribution in [2.24, 2.45) is 11.7 Å². The Balaban J connectivity index is 2.29. The summed E-state index contributed by atoms with van der Waals surface area (Å²) in [6.45, 7) is 0.314. The number of primary amides is 1. The Kier molecular flexibility index (Phi) is 3.58. The van der Waals surface area contributed by atoms with E-state index in [4.69, 9.17) is 17.3 Å². The number of hydrogen-bond acceptors (Lipinski definition) is 2. The van der Waals surface area contributed by atoms with Gasteiger partial charge >= 0.3 is 0 Å². The Morgan fingerprint density at radius 3 is 2.76 bits per heavy atom. The van der Waals surface area contributed by atoms with Crippen molar-refractivity contribution in [2.75, 3.05) is 11.4 Å². The largest absolute Gasteiger partial charge is 0.369 e. The maximum absolute atomic E-state index is 11.8. The molecule has 2 N–H and O–H groups in total. The van der Waals surface area contributed by atoms with Gasteiger partial charge in [0.15, 0.2) is 0 Å². The van der Waals surface area contributed by atoms with Gasteiger partial charge in [0.25, 0.3) is 0 Å². The molecule has 1 atom stereocenters. The van der Waals surface area contributed by atoms with Crippen molar-refractivity contribution < 1.29 is 9.59 Å². The molecule has 1 aromatic carbocycles. The van der Waals surface area contributed by atoms with Gasteiger partial charge in [0, 0.05) is 16.5 Å². The van der Waals surface area contributed by atoms with Gasteiger partial charge in [-0.25, -0.2) is 0 Å². The van der Waals surface area contributed by atoms with E-state index in [1.807, 2.05) is 6.07 Å². The SMILES string of the molecule is NC(=O)C1CC(=O)N(c2ccc(I)cc2Cl)C1. The molecule has 0 bridgehead atoms. The molecular formula is C11H10ClIN2O2. The third-order valence-electron chi connectivity index (χ3n) is 2.73. The zero-order chi connectivity index (χ0) is 12.6. The van der Waals surface area contributed by atoms with Crippen molar-refractivity contribution in [3.05, 3.63) is 26.8 Å². The smallest absolute Gasteiger partial charge is 0.227 e. The first-order valence-electron chi connectivity index (χ1n) is 5.04. The van der Waals surface area contributed by atoms with Gasteiger partial charge in [0.05, 0.1) is 16.6 Å². The molecule has 6 heteroatoms. The highest BCUT2D eigenvalue weighted by Crippen LogP contribution is 2.32. The van der Waals surface area contributed by atoms with E-state index >= 15 is 0 Å². The topological polar surface area (TPSA) is 63.4 Å². The summed E-state index contributed by atoms with van der Waals surface area (Å²) in [7, 11) is 0. The van der Waals surface area contributed by atoms with Gasteiger partial charge in [-0.1, -0.05) is 11.6 Å². The van der Waals surface area contributed by atoms with Gasteiger partial charge in [0.1, 0.15) is 0 Å². The summed E-state index contributed by atoms with van der Waals surface area (Å²) >= 11 is 8.23. The zero-order valence-corrected chi connectivity index (χ0v) is 11.7. The number of carbonyl (C=O) groups excluding carboxylic acids is 2. The van der Waals surface area contributed by atoms with Crippen LogP contribution in [0.1, 0.15) is 6.42 Å². The molecule has 2 rings (SSSR count). The zero-order valence-electron chi connectivity index (χ0n) is 8.82. The first-order valence-corrected chi connectivity index (χ1v) is 6.49. The summed E-state index contributed by atoms with van der Waals surface area (Å²) in [6.07, 6.45) is 0.164. The number of nitrogens with zero attached hydrogens (tertiary/aromatic N) is 1. The summed E-state index contributed by atoms with van der Waals surface area (Å²) in [6, 6.07) is 5.43. The van der Waals surface area contributed by atoms with Gasteiger partial charge in [-0.05, 0) is 40.8 Å². The van der Waals surface area contributed by atoms with Crippen LogP contribution in [0.15, 0.2) is 18.2 Å². The van der Waals surface area contributed by atoms with Crippen molar-refractivity contribution in [2.45, 2.75) is 6.42 Å². The van der Waals surface area contributed by atoms with Crippen LogP contribution < -0.4 is 10.6 Å². The van der Waals surface area contributed by atoms with Crippen LogP contribution in [0.2, 0.25) is 5.02 Å². The van der Waals surface area contributed by atoms with Crippen LogP contribution >= 0.6 is 34.2 Å². The quantitative estimate of drug-likeness (QED) is 0.813. The van der Waals surface area contributed by atoms with Gasteiger partial charge in [-0.2, -0.15) is 0 Å². The van der Waals surface area contributed by atoms with Crippen molar-refractivity contribution in [1.29, 1.82) is 0 Å². The van der Waals surface area contributed by atoms with Crippen LogP contribution in [0.4, 0.5) is 5.69 Å². The molecule has 1 aliphatic rings. The maximum atomic E-state index is 11.8. The number of carbonyl (C=O) groups is 2. The molecule has 0 spiro atoms. The van der Waals surface area contributed by atoms with Crippen LogP contribution in [0, 0.1) is 9.49 Å². The monoisotopic (exact) mass is 364 g/mol. The number of benzene rings is 1. The Bertz CT molecular complexity index is 492. The summed E-state index contributed by atoms with van der Waals surface area (Å²) < 4.78 is 0.995. The number of nitrogens with two attached hydrogens (primary N) is 1. The minimum atomic E-state index is -0.442. The standard InChI is InChI=1S/C11H10ClIN2O2/c12-8-4-7(13)1-2-9(8)15-5-6(11(14)17)3-10(15)16/h1-2,4,6H,3,5H2,(H2,14,17). The molecule has 0 saturated carbocycles. The molecule has 1 heterocycles. The molecule has 1 fully saturated rings. The summed E-state index contributed by atoms with van der Waals surface area (Å²) in [4.78, 5) is 24.4. The van der Waals surface area contributed by atoms with E-state index in [0.717, 1.165) is 3.57 Å². The molecule has 1 saturated heterocycles. The lowest BCUT2D eigenvalue weighted by atomic mass is 10.1. The number of rotatable bonds is 2. The number of hydrogen-bond donors (Lipinski definition) is 1. The molecule has 0 radical (unpaired) electrons. The summed E-state index contributed by atoms with van der Waals surface area (Å²) in [5.74, 6) is -0.975. The average Bonchev–Trinajstić information content (AvgIpc) is 2.61. The second kappa shape index (κ2) is 4.81. The van der Waals surface area contributed by atoms with E-state index in [0.29, 0.717) is 17.3 Å².